The third kappa shape index (κ3) is 3.77. The summed E-state index contributed by atoms with van der Waals surface area (Å²) in [5.41, 5.74) is 0.135. The average molecular weight is 328 g/mol. The van der Waals surface area contributed by atoms with E-state index < -0.39 is 5.97 Å². The molecule has 1 saturated carbocycles. The van der Waals surface area contributed by atoms with Crippen LogP contribution in [0.15, 0.2) is 0 Å². The summed E-state index contributed by atoms with van der Waals surface area (Å²) in [5.74, 6) is -0.684. The number of carbonyl (C=O) groups is 2. The quantitative estimate of drug-likeness (QED) is 0.639. The summed E-state index contributed by atoms with van der Waals surface area (Å²) in [6, 6.07) is 0.348. The molecule has 0 bridgehead atoms. The second-order valence-electron chi connectivity index (χ2n) is 4.93. The number of esters is 1. The van der Waals surface area contributed by atoms with E-state index in [4.69, 9.17) is 4.74 Å². The first kappa shape index (κ1) is 16.3. The van der Waals surface area contributed by atoms with Crippen LogP contribution in [0.2, 0.25) is 0 Å². The molecule has 5 nitrogen and oxygen atoms in total. The molecule has 1 aromatic heterocycles. The molecular weight excluding hydrogens is 308 g/mol. The fourth-order valence-corrected chi connectivity index (χ4v) is 4.34. The predicted molar refractivity (Wildman–Crippen MR) is 86.6 cm³/mol. The van der Waals surface area contributed by atoms with Crippen LogP contribution >= 0.6 is 23.1 Å². The summed E-state index contributed by atoms with van der Waals surface area (Å²) < 4.78 is 4.97. The van der Waals surface area contributed by atoms with Crippen molar-refractivity contribution in [2.45, 2.75) is 44.4 Å². The zero-order chi connectivity index (χ0) is 15.4. The second kappa shape index (κ2) is 7.26. The van der Waals surface area contributed by atoms with Crippen LogP contribution in [0.5, 0.6) is 0 Å². The maximum atomic E-state index is 11.9. The molecular formula is C14H20N2O3S2. The van der Waals surface area contributed by atoms with Gasteiger partial charge in [-0.25, -0.2) is 9.78 Å². The van der Waals surface area contributed by atoms with Gasteiger partial charge in [0.25, 0.3) is 0 Å². The van der Waals surface area contributed by atoms with Gasteiger partial charge in [0.05, 0.1) is 6.61 Å². The van der Waals surface area contributed by atoms with E-state index in [1.54, 1.807) is 6.92 Å². The Morgan fingerprint density at radius 3 is 2.86 bits per heavy atom. The third-order valence-electron chi connectivity index (χ3n) is 3.48. The number of anilines is 1. The van der Waals surface area contributed by atoms with Gasteiger partial charge in [0.2, 0.25) is 0 Å². The van der Waals surface area contributed by atoms with E-state index in [1.165, 1.54) is 31.1 Å². The smallest absolute Gasteiger partial charge is 0.358 e. The Kier molecular flexibility index (Phi) is 5.64. The van der Waals surface area contributed by atoms with Gasteiger partial charge in [-0.3, -0.25) is 4.79 Å². The monoisotopic (exact) mass is 328 g/mol. The largest absolute Gasteiger partial charge is 0.461 e. The summed E-state index contributed by atoms with van der Waals surface area (Å²) in [6.07, 6.45) is 5.58. The Morgan fingerprint density at radius 1 is 1.48 bits per heavy atom. The van der Waals surface area contributed by atoms with Crippen molar-refractivity contribution in [3.63, 3.8) is 0 Å². The van der Waals surface area contributed by atoms with Crippen molar-refractivity contribution in [1.82, 2.24) is 4.98 Å². The van der Waals surface area contributed by atoms with E-state index >= 15 is 0 Å². The number of Topliss-reactive ketones (excluding diaryl/α,β-unsaturated/α-hetero) is 1. The first-order valence-electron chi connectivity index (χ1n) is 7.05. The van der Waals surface area contributed by atoms with Crippen LogP contribution in [0.1, 0.15) is 53.3 Å². The van der Waals surface area contributed by atoms with Gasteiger partial charge in [-0.05, 0) is 26.0 Å². The number of hydrogen-bond acceptors (Lipinski definition) is 7. The van der Waals surface area contributed by atoms with Gasteiger partial charge in [-0.15, -0.1) is 0 Å². The minimum absolute atomic E-state index is 0.135. The highest BCUT2D eigenvalue weighted by molar-refractivity contribution is 7.99. The van der Waals surface area contributed by atoms with E-state index in [2.05, 4.69) is 16.6 Å². The van der Waals surface area contributed by atoms with Crippen molar-refractivity contribution >= 4 is 40.0 Å². The van der Waals surface area contributed by atoms with E-state index in [9.17, 15) is 9.59 Å². The Morgan fingerprint density at radius 2 is 2.24 bits per heavy atom. The molecule has 0 aromatic carbocycles. The molecule has 1 N–H and O–H groups in total. The Bertz CT molecular complexity index is 530. The Labute approximate surface area is 132 Å². The molecule has 2 unspecified atom stereocenters. The van der Waals surface area contributed by atoms with Crippen LogP contribution in [-0.2, 0) is 4.74 Å². The van der Waals surface area contributed by atoms with Gasteiger partial charge >= 0.3 is 5.97 Å². The number of nitrogens with zero attached hydrogens (tertiary/aromatic N) is 1. The molecule has 116 valence electrons. The number of ether oxygens (including phenoxy) is 1. The second-order valence-corrected chi connectivity index (χ2v) is 7.01. The van der Waals surface area contributed by atoms with Crippen LogP contribution < -0.4 is 5.32 Å². The Balaban J connectivity index is 2.19. The highest BCUT2D eigenvalue weighted by Gasteiger charge is 2.29. The first-order chi connectivity index (χ1) is 10.1. The van der Waals surface area contributed by atoms with Crippen molar-refractivity contribution in [1.29, 1.82) is 0 Å². The molecule has 1 aromatic rings. The topological polar surface area (TPSA) is 68.3 Å². The predicted octanol–water partition coefficient (Wildman–Crippen LogP) is 3.22. The number of hydrogen-bond donors (Lipinski definition) is 1. The third-order valence-corrected chi connectivity index (χ3v) is 5.74. The van der Waals surface area contributed by atoms with Gasteiger partial charge in [-0.2, -0.15) is 11.8 Å². The number of ketones is 1. The molecule has 21 heavy (non-hydrogen) atoms. The highest BCUT2D eigenvalue weighted by atomic mass is 32.2. The lowest BCUT2D eigenvalue weighted by atomic mass is 10.2. The summed E-state index contributed by atoms with van der Waals surface area (Å²) in [4.78, 5) is 28.2. The van der Waals surface area contributed by atoms with Gasteiger partial charge in [0.15, 0.2) is 16.6 Å². The minimum atomic E-state index is -0.528. The van der Waals surface area contributed by atoms with E-state index in [1.807, 2.05) is 11.8 Å². The average Bonchev–Trinajstić information content (AvgIpc) is 3.06. The molecule has 0 saturated heterocycles. The van der Waals surface area contributed by atoms with E-state index in [0.29, 0.717) is 21.3 Å². The first-order valence-corrected chi connectivity index (χ1v) is 9.15. The standard InChI is InChI=1S/C14H20N2O3S2/c1-4-19-13(18)11-12(8(2)17)21-14(16-11)15-9-6-5-7-10(9)20-3/h9-10H,4-7H2,1-3H3,(H,15,16). The van der Waals surface area contributed by atoms with Crippen LogP contribution in [0.3, 0.4) is 0 Å². The summed E-state index contributed by atoms with van der Waals surface area (Å²) >= 11 is 3.09. The molecule has 0 radical (unpaired) electrons. The molecule has 2 atom stereocenters. The summed E-state index contributed by atoms with van der Waals surface area (Å²) in [5, 5.41) is 4.57. The summed E-state index contributed by atoms with van der Waals surface area (Å²) in [6.45, 7) is 3.45. The maximum absolute atomic E-state index is 11.9. The van der Waals surface area contributed by atoms with Gasteiger partial charge in [-0.1, -0.05) is 17.8 Å². The normalized spacial score (nSPS) is 21.3. The van der Waals surface area contributed by atoms with Crippen LogP contribution in [0.25, 0.3) is 0 Å². The summed E-state index contributed by atoms with van der Waals surface area (Å²) in [7, 11) is 0. The molecule has 1 aliphatic carbocycles. The zero-order valence-corrected chi connectivity index (χ0v) is 14.1. The number of thioether (sulfide) groups is 1. The number of carbonyl (C=O) groups excluding carboxylic acids is 2. The van der Waals surface area contributed by atoms with E-state index in [0.717, 1.165) is 6.42 Å². The molecule has 1 heterocycles. The lowest BCUT2D eigenvalue weighted by molar-refractivity contribution is 0.0517. The van der Waals surface area contributed by atoms with Crippen molar-refractivity contribution < 1.29 is 14.3 Å². The van der Waals surface area contributed by atoms with Crippen LogP contribution in [0.4, 0.5) is 5.13 Å². The van der Waals surface area contributed by atoms with Crippen LogP contribution in [-0.4, -0.2) is 40.9 Å². The number of rotatable bonds is 6. The molecule has 7 heteroatoms. The maximum Gasteiger partial charge on any atom is 0.358 e. The lowest BCUT2D eigenvalue weighted by Crippen LogP contribution is -2.25. The fourth-order valence-electron chi connectivity index (χ4n) is 2.49. The molecule has 1 aliphatic rings. The fraction of sp³-hybridized carbons (Fsp3) is 0.643. The molecule has 2 rings (SSSR count). The number of thiazole rings is 1. The van der Waals surface area contributed by atoms with Crippen molar-refractivity contribution in [3.8, 4) is 0 Å². The number of nitrogens with one attached hydrogen (secondary N) is 1. The van der Waals surface area contributed by atoms with Crippen LogP contribution in [0, 0.1) is 0 Å². The van der Waals surface area contributed by atoms with E-state index in [-0.39, 0.29) is 18.1 Å². The SMILES string of the molecule is CCOC(=O)c1nc(NC2CCCC2SC)sc1C(C)=O. The molecule has 1 fully saturated rings. The lowest BCUT2D eigenvalue weighted by Gasteiger charge is -2.18. The van der Waals surface area contributed by atoms with Gasteiger partial charge in [0.1, 0.15) is 4.88 Å². The zero-order valence-electron chi connectivity index (χ0n) is 12.5. The minimum Gasteiger partial charge on any atom is -0.461 e. The van der Waals surface area contributed by atoms with Crippen molar-refractivity contribution in [2.24, 2.45) is 0 Å². The van der Waals surface area contributed by atoms with Crippen molar-refractivity contribution in [2.75, 3.05) is 18.2 Å². The van der Waals surface area contributed by atoms with Gasteiger partial charge < -0.3 is 10.1 Å². The van der Waals surface area contributed by atoms with Gasteiger partial charge in [0, 0.05) is 18.2 Å². The molecule has 0 spiro atoms. The Hall–Kier alpha value is -1.08. The highest BCUT2D eigenvalue weighted by Crippen LogP contribution is 2.33. The molecule has 0 aliphatic heterocycles. The molecule has 0 amide bonds. The van der Waals surface area contributed by atoms with Crippen molar-refractivity contribution in [3.05, 3.63) is 10.6 Å². The number of aromatic nitrogens is 1.